The number of hydrogen-bond acceptors (Lipinski definition) is 4. The Kier molecular flexibility index (Phi) is 4.36. The molecule has 1 fully saturated rings. The van der Waals surface area contributed by atoms with E-state index in [9.17, 15) is 18.8 Å². The fourth-order valence-electron chi connectivity index (χ4n) is 6.09. The SMILES string of the molecule is CC(=O)[C@@H]1[C@H](C(=O)c2ccccc2)[C@@]2(C(=O)Nc3ccccc32)[C@@H]2C=Cc3cc(F)ccc3N12. The fourth-order valence-corrected chi connectivity index (χ4v) is 6.09. The molecule has 0 bridgehead atoms. The fraction of sp³-hybridized carbons (Fsp3) is 0.179. The number of nitrogens with one attached hydrogen (secondary N) is 1. The molecule has 1 amide bonds. The number of ketones is 2. The molecule has 3 aromatic rings. The largest absolute Gasteiger partial charge is 0.352 e. The van der Waals surface area contributed by atoms with E-state index in [-0.39, 0.29) is 17.5 Å². The number of benzene rings is 3. The molecule has 0 radical (unpaired) electrons. The van der Waals surface area contributed by atoms with Crippen LogP contribution in [0.15, 0.2) is 78.9 Å². The van der Waals surface area contributed by atoms with Crippen molar-refractivity contribution in [2.75, 3.05) is 10.2 Å². The number of carbonyl (C=O) groups excluding carboxylic acids is 3. The van der Waals surface area contributed by atoms with E-state index >= 15 is 0 Å². The zero-order chi connectivity index (χ0) is 23.6. The van der Waals surface area contributed by atoms with Gasteiger partial charge in [0.1, 0.15) is 11.2 Å². The molecule has 1 N–H and O–H groups in total. The first-order chi connectivity index (χ1) is 16.4. The highest BCUT2D eigenvalue weighted by Gasteiger charge is 2.69. The number of amides is 1. The van der Waals surface area contributed by atoms with Crippen LogP contribution in [-0.2, 0) is 15.0 Å². The van der Waals surface area contributed by atoms with Crippen molar-refractivity contribution in [1.29, 1.82) is 0 Å². The van der Waals surface area contributed by atoms with Crippen LogP contribution < -0.4 is 10.2 Å². The van der Waals surface area contributed by atoms with Gasteiger partial charge in [0, 0.05) is 22.5 Å². The minimum atomic E-state index is -1.32. The van der Waals surface area contributed by atoms with Crippen LogP contribution >= 0.6 is 0 Å². The Bertz CT molecular complexity index is 1400. The zero-order valence-corrected chi connectivity index (χ0v) is 18.4. The van der Waals surface area contributed by atoms with E-state index in [2.05, 4.69) is 5.32 Å². The van der Waals surface area contributed by atoms with Crippen LogP contribution in [0.3, 0.4) is 0 Å². The standard InChI is InChI=1S/C28H21FN2O3/c1-16(32)25-24(26(33)17-7-3-2-4-8-17)28(20-9-5-6-10-21(20)30-27(28)34)23-14-11-18-15-19(29)12-13-22(18)31(23)25/h2-15,23-25H,1H3,(H,30,34)/t23-,24+,25+,28-/m0/s1. The van der Waals surface area contributed by atoms with E-state index in [1.807, 2.05) is 41.3 Å². The summed E-state index contributed by atoms with van der Waals surface area (Å²) in [6.07, 6.45) is 3.61. The molecule has 0 saturated carbocycles. The number of Topliss-reactive ketones (excluding diaryl/α,β-unsaturated/α-hetero) is 2. The summed E-state index contributed by atoms with van der Waals surface area (Å²) in [6.45, 7) is 1.45. The quantitative estimate of drug-likeness (QED) is 0.599. The molecule has 3 aliphatic rings. The molecule has 0 aromatic heterocycles. The van der Waals surface area contributed by atoms with E-state index in [0.29, 0.717) is 28.1 Å². The first kappa shape index (κ1) is 20.5. The Balaban J connectivity index is 1.67. The Hall–Kier alpha value is -4.06. The van der Waals surface area contributed by atoms with Gasteiger partial charge in [-0.2, -0.15) is 0 Å². The summed E-state index contributed by atoms with van der Waals surface area (Å²) < 4.78 is 14.0. The topological polar surface area (TPSA) is 66.5 Å². The third-order valence-corrected chi connectivity index (χ3v) is 7.35. The summed E-state index contributed by atoms with van der Waals surface area (Å²) in [5.74, 6) is -2.16. The Morgan fingerprint density at radius 1 is 1.00 bits per heavy atom. The van der Waals surface area contributed by atoms with Crippen molar-refractivity contribution in [3.8, 4) is 0 Å². The lowest BCUT2D eigenvalue weighted by atomic mass is 9.64. The van der Waals surface area contributed by atoms with Gasteiger partial charge in [0.15, 0.2) is 11.6 Å². The van der Waals surface area contributed by atoms with Crippen LogP contribution in [0.4, 0.5) is 15.8 Å². The summed E-state index contributed by atoms with van der Waals surface area (Å²) in [5, 5.41) is 2.97. The number of para-hydroxylation sites is 1. The monoisotopic (exact) mass is 452 g/mol. The molecule has 6 rings (SSSR count). The Morgan fingerprint density at radius 3 is 2.50 bits per heavy atom. The van der Waals surface area contributed by atoms with Gasteiger partial charge >= 0.3 is 0 Å². The van der Waals surface area contributed by atoms with Gasteiger partial charge in [-0.3, -0.25) is 14.4 Å². The first-order valence-electron chi connectivity index (χ1n) is 11.2. The zero-order valence-electron chi connectivity index (χ0n) is 18.4. The predicted octanol–water partition coefficient (Wildman–Crippen LogP) is 4.39. The number of anilines is 2. The maximum atomic E-state index is 14.1. The molecule has 0 aliphatic carbocycles. The van der Waals surface area contributed by atoms with E-state index < -0.39 is 29.2 Å². The Labute approximate surface area is 195 Å². The van der Waals surface area contributed by atoms with E-state index in [0.717, 1.165) is 0 Å². The van der Waals surface area contributed by atoms with Crippen molar-refractivity contribution in [1.82, 2.24) is 0 Å². The lowest BCUT2D eigenvalue weighted by Gasteiger charge is -2.37. The average molecular weight is 452 g/mol. The molecular weight excluding hydrogens is 431 g/mol. The highest BCUT2D eigenvalue weighted by atomic mass is 19.1. The molecule has 5 nitrogen and oxygen atoms in total. The smallest absolute Gasteiger partial charge is 0.238 e. The highest BCUT2D eigenvalue weighted by Crippen LogP contribution is 2.57. The lowest BCUT2D eigenvalue weighted by molar-refractivity contribution is -0.122. The van der Waals surface area contributed by atoms with Gasteiger partial charge < -0.3 is 10.2 Å². The highest BCUT2D eigenvalue weighted by molar-refractivity contribution is 6.16. The van der Waals surface area contributed by atoms with Crippen LogP contribution in [0.5, 0.6) is 0 Å². The number of halogens is 1. The second-order valence-electron chi connectivity index (χ2n) is 9.05. The second kappa shape index (κ2) is 7.22. The van der Waals surface area contributed by atoms with Crippen molar-refractivity contribution in [2.24, 2.45) is 5.92 Å². The van der Waals surface area contributed by atoms with Crippen molar-refractivity contribution in [2.45, 2.75) is 24.4 Å². The molecule has 3 aliphatic heterocycles. The molecule has 4 atom stereocenters. The molecular formula is C28H21FN2O3. The summed E-state index contributed by atoms with van der Waals surface area (Å²) in [6, 6.07) is 19.0. The molecule has 0 unspecified atom stereocenters. The predicted molar refractivity (Wildman–Crippen MR) is 127 cm³/mol. The van der Waals surface area contributed by atoms with Crippen LogP contribution in [-0.4, -0.2) is 29.6 Å². The maximum Gasteiger partial charge on any atom is 0.238 e. The van der Waals surface area contributed by atoms with Crippen molar-refractivity contribution in [3.05, 3.63) is 101 Å². The molecule has 168 valence electrons. The number of fused-ring (bicyclic) bond motifs is 6. The van der Waals surface area contributed by atoms with Gasteiger partial charge in [-0.1, -0.05) is 60.7 Å². The lowest BCUT2D eigenvalue weighted by Crippen LogP contribution is -2.51. The molecule has 34 heavy (non-hydrogen) atoms. The maximum absolute atomic E-state index is 14.1. The first-order valence-corrected chi connectivity index (χ1v) is 11.2. The normalized spacial score (nSPS) is 26.1. The van der Waals surface area contributed by atoms with Crippen LogP contribution in [0.25, 0.3) is 6.08 Å². The van der Waals surface area contributed by atoms with Crippen LogP contribution in [0, 0.1) is 11.7 Å². The van der Waals surface area contributed by atoms with Crippen molar-refractivity contribution >= 4 is 34.9 Å². The second-order valence-corrected chi connectivity index (χ2v) is 9.05. The number of carbonyl (C=O) groups is 3. The summed E-state index contributed by atoms with van der Waals surface area (Å²) in [7, 11) is 0. The van der Waals surface area contributed by atoms with Gasteiger partial charge in [0.05, 0.1) is 18.0 Å². The molecule has 3 aromatic carbocycles. The van der Waals surface area contributed by atoms with Gasteiger partial charge in [-0.25, -0.2) is 4.39 Å². The van der Waals surface area contributed by atoms with Gasteiger partial charge in [0.2, 0.25) is 5.91 Å². The van der Waals surface area contributed by atoms with E-state index in [1.54, 1.807) is 36.4 Å². The van der Waals surface area contributed by atoms with Gasteiger partial charge in [0.25, 0.3) is 0 Å². The molecule has 1 spiro atoms. The van der Waals surface area contributed by atoms with Crippen LogP contribution in [0.2, 0.25) is 0 Å². The molecule has 3 heterocycles. The number of nitrogens with zero attached hydrogens (tertiary/aromatic N) is 1. The summed E-state index contributed by atoms with van der Waals surface area (Å²) in [4.78, 5) is 43.2. The average Bonchev–Trinajstić information content (AvgIpc) is 3.32. The van der Waals surface area contributed by atoms with Gasteiger partial charge in [-0.15, -0.1) is 0 Å². The van der Waals surface area contributed by atoms with E-state index in [4.69, 9.17) is 0 Å². The third-order valence-electron chi connectivity index (χ3n) is 7.35. The van der Waals surface area contributed by atoms with Crippen molar-refractivity contribution < 1.29 is 18.8 Å². The third kappa shape index (κ3) is 2.56. The van der Waals surface area contributed by atoms with Crippen LogP contribution in [0.1, 0.15) is 28.4 Å². The Morgan fingerprint density at radius 2 is 1.74 bits per heavy atom. The summed E-state index contributed by atoms with van der Waals surface area (Å²) >= 11 is 0. The minimum Gasteiger partial charge on any atom is -0.352 e. The van der Waals surface area contributed by atoms with Gasteiger partial charge in [-0.05, 0) is 36.8 Å². The minimum absolute atomic E-state index is 0.223. The molecule has 1 saturated heterocycles. The van der Waals surface area contributed by atoms with E-state index in [1.165, 1.54) is 19.1 Å². The number of hydrogen-bond donors (Lipinski definition) is 1. The summed E-state index contributed by atoms with van der Waals surface area (Å²) in [5.41, 5.74) is 1.70. The number of rotatable bonds is 3. The van der Waals surface area contributed by atoms with Crippen molar-refractivity contribution in [3.63, 3.8) is 0 Å². The molecule has 6 heteroatoms.